The van der Waals surface area contributed by atoms with Crippen molar-refractivity contribution in [3.8, 4) is 0 Å². The molecule has 0 aliphatic carbocycles. The number of carbonyl (C=O) groups excluding carboxylic acids is 1. The van der Waals surface area contributed by atoms with Crippen molar-refractivity contribution in [3.05, 3.63) is 21.5 Å². The molecular weight excluding hydrogens is 250 g/mol. The Bertz CT molecular complexity index is 444. The molecule has 0 unspecified atom stereocenters. The van der Waals surface area contributed by atoms with Crippen molar-refractivity contribution in [2.75, 3.05) is 19.6 Å². The predicted molar refractivity (Wildman–Crippen MR) is 70.1 cm³/mol. The summed E-state index contributed by atoms with van der Waals surface area (Å²) in [7, 11) is 0. The number of rotatable bonds is 8. The average Bonchev–Trinajstić information content (AvgIpc) is 2.79. The molecule has 1 heterocycles. The van der Waals surface area contributed by atoms with E-state index in [1.54, 1.807) is 0 Å². The number of aryl methyl sites for hydroxylation is 1. The molecule has 0 radical (unpaired) electrons. The van der Waals surface area contributed by atoms with Crippen LogP contribution in [0.3, 0.4) is 0 Å². The Morgan fingerprint density at radius 2 is 2.16 bits per heavy atom. The van der Waals surface area contributed by atoms with Crippen LogP contribution in [0.4, 0.5) is 5.69 Å². The third-order valence-electron chi connectivity index (χ3n) is 2.55. The first kappa shape index (κ1) is 15.1. The Hall–Kier alpha value is -1.96. The van der Waals surface area contributed by atoms with Crippen LogP contribution in [0.2, 0.25) is 0 Å². The number of hydrogen-bond donors (Lipinski definition) is 3. The third-order valence-corrected chi connectivity index (χ3v) is 2.55. The summed E-state index contributed by atoms with van der Waals surface area (Å²) >= 11 is 0. The number of nitrogens with zero attached hydrogens (tertiary/aromatic N) is 2. The molecule has 0 aliphatic heterocycles. The van der Waals surface area contributed by atoms with E-state index in [1.807, 2.05) is 13.8 Å². The van der Waals surface area contributed by atoms with Crippen LogP contribution < -0.4 is 10.6 Å². The van der Waals surface area contributed by atoms with E-state index in [-0.39, 0.29) is 11.4 Å². The second-order valence-electron chi connectivity index (χ2n) is 4.02. The first-order chi connectivity index (χ1) is 9.11. The van der Waals surface area contributed by atoms with E-state index in [9.17, 15) is 14.9 Å². The Labute approximate surface area is 111 Å². The summed E-state index contributed by atoms with van der Waals surface area (Å²) in [5.74, 6) is -0.525. The molecule has 0 aromatic carbocycles. The number of hydrogen-bond acceptors (Lipinski definition) is 5. The van der Waals surface area contributed by atoms with E-state index in [0.717, 1.165) is 13.0 Å². The van der Waals surface area contributed by atoms with Crippen LogP contribution in [0.25, 0.3) is 0 Å². The van der Waals surface area contributed by atoms with Crippen LogP contribution in [-0.4, -0.2) is 40.7 Å². The van der Waals surface area contributed by atoms with Gasteiger partial charge in [-0.3, -0.25) is 20.0 Å². The second kappa shape index (κ2) is 7.47. The van der Waals surface area contributed by atoms with Crippen LogP contribution in [0.1, 0.15) is 36.5 Å². The van der Waals surface area contributed by atoms with Gasteiger partial charge in [-0.15, -0.1) is 0 Å². The third kappa shape index (κ3) is 4.02. The Morgan fingerprint density at radius 1 is 1.42 bits per heavy atom. The van der Waals surface area contributed by atoms with Gasteiger partial charge in [-0.25, -0.2) is 0 Å². The SMILES string of the molecule is CCCc1[nH]nc(C(=O)NCCNCC)c1[N+](=O)[O-]. The zero-order valence-corrected chi connectivity index (χ0v) is 11.2. The van der Waals surface area contributed by atoms with Crippen molar-refractivity contribution in [1.82, 2.24) is 20.8 Å². The molecule has 1 amide bonds. The minimum Gasteiger partial charge on any atom is -0.349 e. The molecule has 0 saturated heterocycles. The van der Waals surface area contributed by atoms with Crippen molar-refractivity contribution < 1.29 is 9.72 Å². The maximum atomic E-state index is 11.8. The molecular formula is C11H19N5O3. The van der Waals surface area contributed by atoms with Crippen molar-refractivity contribution in [2.24, 2.45) is 0 Å². The fourth-order valence-electron chi connectivity index (χ4n) is 1.68. The van der Waals surface area contributed by atoms with Gasteiger partial charge in [-0.1, -0.05) is 20.3 Å². The molecule has 1 aromatic rings. The lowest BCUT2D eigenvalue weighted by molar-refractivity contribution is -0.385. The number of nitro groups is 1. The van der Waals surface area contributed by atoms with E-state index < -0.39 is 10.8 Å². The second-order valence-corrected chi connectivity index (χ2v) is 4.02. The molecule has 8 nitrogen and oxygen atoms in total. The Kier molecular flexibility index (Phi) is 5.94. The number of H-pyrrole nitrogens is 1. The topological polar surface area (TPSA) is 113 Å². The van der Waals surface area contributed by atoms with E-state index in [2.05, 4.69) is 20.8 Å². The first-order valence-corrected chi connectivity index (χ1v) is 6.32. The molecule has 3 N–H and O–H groups in total. The van der Waals surface area contributed by atoms with Gasteiger partial charge in [0.15, 0.2) is 0 Å². The summed E-state index contributed by atoms with van der Waals surface area (Å²) in [6.45, 7) is 5.68. The maximum Gasteiger partial charge on any atom is 0.322 e. The standard InChI is InChI=1S/C11H19N5O3/c1-3-5-8-10(16(18)19)9(15-14-8)11(17)13-7-6-12-4-2/h12H,3-7H2,1-2H3,(H,13,17)(H,14,15). The molecule has 106 valence electrons. The molecule has 0 fully saturated rings. The quantitative estimate of drug-likeness (QED) is 0.363. The van der Waals surface area contributed by atoms with E-state index in [1.165, 1.54) is 0 Å². The van der Waals surface area contributed by atoms with Crippen LogP contribution in [-0.2, 0) is 6.42 Å². The van der Waals surface area contributed by atoms with Gasteiger partial charge >= 0.3 is 5.69 Å². The van der Waals surface area contributed by atoms with Crippen molar-refractivity contribution >= 4 is 11.6 Å². The van der Waals surface area contributed by atoms with Crippen molar-refractivity contribution in [1.29, 1.82) is 0 Å². The van der Waals surface area contributed by atoms with Gasteiger partial charge in [0, 0.05) is 13.1 Å². The van der Waals surface area contributed by atoms with Gasteiger partial charge in [-0.2, -0.15) is 5.10 Å². The summed E-state index contributed by atoms with van der Waals surface area (Å²) in [6, 6.07) is 0. The summed E-state index contributed by atoms with van der Waals surface area (Å²) < 4.78 is 0. The summed E-state index contributed by atoms with van der Waals surface area (Å²) in [4.78, 5) is 22.3. The monoisotopic (exact) mass is 269 g/mol. The lowest BCUT2D eigenvalue weighted by Gasteiger charge is -2.03. The number of likely N-dealkylation sites (N-methyl/N-ethyl adjacent to an activating group) is 1. The minimum absolute atomic E-state index is 0.148. The van der Waals surface area contributed by atoms with Crippen molar-refractivity contribution in [2.45, 2.75) is 26.7 Å². The predicted octanol–water partition coefficient (Wildman–Crippen LogP) is 0.610. The van der Waals surface area contributed by atoms with Crippen LogP contribution in [0.15, 0.2) is 0 Å². The number of amides is 1. The van der Waals surface area contributed by atoms with Gasteiger partial charge < -0.3 is 10.6 Å². The Balaban J connectivity index is 2.76. The van der Waals surface area contributed by atoms with Crippen LogP contribution >= 0.6 is 0 Å². The molecule has 0 aliphatic rings. The highest BCUT2D eigenvalue weighted by Gasteiger charge is 2.28. The summed E-state index contributed by atoms with van der Waals surface area (Å²) in [5, 5.41) is 23.0. The highest BCUT2D eigenvalue weighted by molar-refractivity contribution is 5.96. The van der Waals surface area contributed by atoms with Gasteiger partial charge in [0.25, 0.3) is 5.91 Å². The zero-order chi connectivity index (χ0) is 14.3. The Morgan fingerprint density at radius 3 is 2.74 bits per heavy atom. The smallest absolute Gasteiger partial charge is 0.322 e. The molecule has 0 atom stereocenters. The van der Waals surface area contributed by atoms with Gasteiger partial charge in [0.1, 0.15) is 5.69 Å². The molecule has 1 rings (SSSR count). The largest absolute Gasteiger partial charge is 0.349 e. The van der Waals surface area contributed by atoms with Gasteiger partial charge in [0.05, 0.1) is 4.92 Å². The van der Waals surface area contributed by atoms with E-state index >= 15 is 0 Å². The lowest BCUT2D eigenvalue weighted by Crippen LogP contribution is -2.32. The number of aromatic amines is 1. The number of carbonyl (C=O) groups is 1. The minimum atomic E-state index is -0.562. The zero-order valence-electron chi connectivity index (χ0n) is 11.2. The molecule has 0 bridgehead atoms. The van der Waals surface area contributed by atoms with Crippen LogP contribution in [0, 0.1) is 10.1 Å². The molecule has 0 spiro atoms. The van der Waals surface area contributed by atoms with Crippen LogP contribution in [0.5, 0.6) is 0 Å². The highest BCUT2D eigenvalue weighted by atomic mass is 16.6. The van der Waals surface area contributed by atoms with E-state index in [4.69, 9.17) is 0 Å². The highest BCUT2D eigenvalue weighted by Crippen LogP contribution is 2.22. The fraction of sp³-hybridized carbons (Fsp3) is 0.636. The summed E-state index contributed by atoms with van der Waals surface area (Å²) in [5.41, 5.74) is 0.0251. The number of nitrogens with one attached hydrogen (secondary N) is 3. The normalized spacial score (nSPS) is 10.4. The lowest BCUT2D eigenvalue weighted by atomic mass is 10.2. The van der Waals surface area contributed by atoms with E-state index in [0.29, 0.717) is 25.2 Å². The first-order valence-electron chi connectivity index (χ1n) is 6.32. The average molecular weight is 269 g/mol. The molecule has 0 saturated carbocycles. The maximum absolute atomic E-state index is 11.8. The number of aromatic nitrogens is 2. The fourth-order valence-corrected chi connectivity index (χ4v) is 1.68. The van der Waals surface area contributed by atoms with Gasteiger partial charge in [0.2, 0.25) is 5.69 Å². The summed E-state index contributed by atoms with van der Waals surface area (Å²) in [6.07, 6.45) is 1.23. The molecule has 19 heavy (non-hydrogen) atoms. The molecule has 8 heteroatoms. The van der Waals surface area contributed by atoms with Gasteiger partial charge in [-0.05, 0) is 13.0 Å². The molecule has 1 aromatic heterocycles. The van der Waals surface area contributed by atoms with Crippen molar-refractivity contribution in [3.63, 3.8) is 0 Å².